The Morgan fingerprint density at radius 1 is 0.269 bits per heavy atom. The van der Waals surface area contributed by atoms with E-state index in [1.54, 1.807) is 0 Å². The molecule has 0 amide bonds. The highest BCUT2D eigenvalue weighted by Crippen LogP contribution is 2.16. The fraction of sp³-hybridized carbons (Fsp3) is 0.736. The van der Waals surface area contributed by atoms with Gasteiger partial charge in [-0.25, -0.2) is 0 Å². The van der Waals surface area contributed by atoms with Crippen molar-refractivity contribution in [2.24, 2.45) is 0 Å². The number of esters is 3. The third-order valence-electron chi connectivity index (χ3n) is 14.3. The molecule has 6 heteroatoms. The van der Waals surface area contributed by atoms with E-state index in [2.05, 4.69) is 118 Å². The molecule has 0 rings (SSSR count). The number of unbranched alkanes of at least 4 members (excludes halogenated alkanes) is 33. The summed E-state index contributed by atoms with van der Waals surface area (Å²) in [6.07, 6.45) is 88.5. The van der Waals surface area contributed by atoms with Gasteiger partial charge in [0.25, 0.3) is 0 Å². The van der Waals surface area contributed by atoms with Gasteiger partial charge in [-0.1, -0.05) is 298 Å². The van der Waals surface area contributed by atoms with E-state index < -0.39 is 6.10 Å². The quantitative estimate of drug-likeness (QED) is 0.0261. The van der Waals surface area contributed by atoms with Crippen molar-refractivity contribution in [3.05, 3.63) is 97.2 Å². The van der Waals surface area contributed by atoms with E-state index in [0.29, 0.717) is 19.3 Å². The van der Waals surface area contributed by atoms with Gasteiger partial charge >= 0.3 is 17.9 Å². The second kappa shape index (κ2) is 65.8. The molecular weight excluding hydrogens is 961 g/mol. The molecule has 6 nitrogen and oxygen atoms in total. The number of hydrogen-bond acceptors (Lipinski definition) is 6. The Morgan fingerprint density at radius 3 is 0.782 bits per heavy atom. The van der Waals surface area contributed by atoms with Crippen LogP contribution in [0.15, 0.2) is 97.2 Å². The van der Waals surface area contributed by atoms with Crippen LogP contribution in [-0.4, -0.2) is 37.2 Å². The van der Waals surface area contributed by atoms with Gasteiger partial charge < -0.3 is 14.2 Å². The van der Waals surface area contributed by atoms with E-state index in [1.807, 2.05) is 0 Å². The van der Waals surface area contributed by atoms with Crippen molar-refractivity contribution in [2.45, 2.75) is 329 Å². The molecule has 0 aliphatic rings. The summed E-state index contributed by atoms with van der Waals surface area (Å²) in [5.41, 5.74) is 0. The maximum Gasteiger partial charge on any atom is 0.306 e. The minimum atomic E-state index is -0.789. The summed E-state index contributed by atoms with van der Waals surface area (Å²) in [5.74, 6) is -0.893. The largest absolute Gasteiger partial charge is 0.462 e. The van der Waals surface area contributed by atoms with Crippen LogP contribution in [0.4, 0.5) is 0 Å². The standard InChI is InChI=1S/C72H124O6/c1-4-7-10-13-16-19-22-25-27-29-31-33-34-35-36-37-38-40-41-43-45-47-50-53-56-59-62-65-71(74)77-68-69(67-76-70(73)64-61-58-55-52-49-24-21-18-15-12-9-6-3)78-72(75)66-63-60-57-54-51-48-46-44-42-39-32-30-28-26-23-20-17-14-11-8-5-2/h8,11,17,20,22,25-26,28-29,31-32,34-35,39,44,46,69H,4-7,9-10,12-16,18-19,21,23-24,27,30,33,36-38,40-43,45,47-68H2,1-3H3/b11-8-,20-17-,25-22-,28-26-,31-29-,35-34-,39-32-,46-44-. The average Bonchev–Trinajstić information content (AvgIpc) is 3.44. The van der Waals surface area contributed by atoms with Crippen molar-refractivity contribution < 1.29 is 28.6 Å². The summed E-state index contributed by atoms with van der Waals surface area (Å²) in [4.78, 5) is 38.3. The third kappa shape index (κ3) is 63.2. The van der Waals surface area contributed by atoms with Crippen molar-refractivity contribution >= 4 is 17.9 Å². The minimum absolute atomic E-state index is 0.0835. The Bertz CT molecular complexity index is 1530. The second-order valence-corrected chi connectivity index (χ2v) is 22.0. The Hall–Kier alpha value is -3.67. The molecule has 0 aromatic heterocycles. The molecule has 0 saturated heterocycles. The fourth-order valence-corrected chi connectivity index (χ4v) is 9.36. The molecule has 448 valence electrons. The van der Waals surface area contributed by atoms with E-state index in [1.165, 1.54) is 161 Å². The van der Waals surface area contributed by atoms with Crippen molar-refractivity contribution in [2.75, 3.05) is 13.2 Å². The molecule has 78 heavy (non-hydrogen) atoms. The van der Waals surface area contributed by atoms with E-state index in [-0.39, 0.29) is 31.1 Å². The molecule has 0 bridgehead atoms. The summed E-state index contributed by atoms with van der Waals surface area (Å²) >= 11 is 0. The molecule has 0 fully saturated rings. The monoisotopic (exact) mass is 1080 g/mol. The van der Waals surface area contributed by atoms with Crippen LogP contribution in [0.5, 0.6) is 0 Å². The van der Waals surface area contributed by atoms with Crippen LogP contribution in [0, 0.1) is 0 Å². The van der Waals surface area contributed by atoms with Crippen LogP contribution >= 0.6 is 0 Å². The molecule has 0 aliphatic carbocycles. The molecule has 1 unspecified atom stereocenters. The van der Waals surface area contributed by atoms with E-state index in [9.17, 15) is 14.4 Å². The Kier molecular flexibility index (Phi) is 62.7. The highest BCUT2D eigenvalue weighted by Gasteiger charge is 2.19. The topological polar surface area (TPSA) is 78.9 Å². The van der Waals surface area contributed by atoms with Crippen molar-refractivity contribution in [3.8, 4) is 0 Å². The van der Waals surface area contributed by atoms with Crippen molar-refractivity contribution in [1.82, 2.24) is 0 Å². The molecular formula is C72H124O6. The highest BCUT2D eigenvalue weighted by molar-refractivity contribution is 5.71. The number of allylic oxidation sites excluding steroid dienone is 16. The zero-order chi connectivity index (χ0) is 56.4. The molecule has 0 N–H and O–H groups in total. The number of carbonyl (C=O) groups excluding carboxylic acids is 3. The predicted octanol–water partition coefficient (Wildman–Crippen LogP) is 22.8. The first-order valence-corrected chi connectivity index (χ1v) is 33.2. The zero-order valence-corrected chi connectivity index (χ0v) is 51.4. The average molecular weight is 1090 g/mol. The first-order valence-electron chi connectivity index (χ1n) is 33.2. The summed E-state index contributed by atoms with van der Waals surface area (Å²) in [6.45, 7) is 6.52. The maximum absolute atomic E-state index is 12.9. The van der Waals surface area contributed by atoms with Crippen LogP contribution in [0.1, 0.15) is 323 Å². The van der Waals surface area contributed by atoms with Crippen LogP contribution in [0.3, 0.4) is 0 Å². The normalized spacial score (nSPS) is 12.7. The summed E-state index contributed by atoms with van der Waals surface area (Å²) in [5, 5.41) is 0. The SMILES string of the molecule is CC/C=C\C/C=C\C/C=C\C/C=C\C/C=C\CCCCCCCC(=O)OC(COC(=O)CCCCCCCCCCCCCC)COC(=O)CCCCCCCCCCCCCC/C=C\C/C=C\C/C=C\CCCCCCC. The molecule has 0 aromatic carbocycles. The maximum atomic E-state index is 12.9. The Balaban J connectivity index is 4.31. The van der Waals surface area contributed by atoms with Gasteiger partial charge in [0.2, 0.25) is 0 Å². The summed E-state index contributed by atoms with van der Waals surface area (Å²) in [7, 11) is 0. The van der Waals surface area contributed by atoms with Gasteiger partial charge in [-0.2, -0.15) is 0 Å². The smallest absolute Gasteiger partial charge is 0.306 e. The van der Waals surface area contributed by atoms with Gasteiger partial charge in [0, 0.05) is 19.3 Å². The van der Waals surface area contributed by atoms with Gasteiger partial charge in [-0.15, -0.1) is 0 Å². The van der Waals surface area contributed by atoms with Crippen molar-refractivity contribution in [3.63, 3.8) is 0 Å². The van der Waals surface area contributed by atoms with Crippen LogP contribution in [0.2, 0.25) is 0 Å². The first kappa shape index (κ1) is 74.3. The molecule has 0 radical (unpaired) electrons. The lowest BCUT2D eigenvalue weighted by molar-refractivity contribution is -0.167. The molecule has 0 spiro atoms. The lowest BCUT2D eigenvalue weighted by Gasteiger charge is -2.18. The Morgan fingerprint density at radius 2 is 0.500 bits per heavy atom. The van der Waals surface area contributed by atoms with Gasteiger partial charge in [0.1, 0.15) is 13.2 Å². The second-order valence-electron chi connectivity index (χ2n) is 22.0. The van der Waals surface area contributed by atoms with Gasteiger partial charge in [-0.3, -0.25) is 14.4 Å². The van der Waals surface area contributed by atoms with Crippen LogP contribution in [-0.2, 0) is 28.6 Å². The zero-order valence-electron chi connectivity index (χ0n) is 51.4. The Labute approximate surface area is 483 Å². The molecule has 0 heterocycles. The van der Waals surface area contributed by atoms with E-state index >= 15 is 0 Å². The predicted molar refractivity (Wildman–Crippen MR) is 339 cm³/mol. The van der Waals surface area contributed by atoms with E-state index in [0.717, 1.165) is 122 Å². The van der Waals surface area contributed by atoms with Crippen LogP contribution in [0.25, 0.3) is 0 Å². The first-order chi connectivity index (χ1) is 38.5. The number of carbonyl (C=O) groups is 3. The molecule has 0 aromatic rings. The number of rotatable bonds is 60. The molecule has 1 atom stereocenters. The minimum Gasteiger partial charge on any atom is -0.462 e. The lowest BCUT2D eigenvalue weighted by atomic mass is 10.0. The molecule has 0 saturated carbocycles. The van der Waals surface area contributed by atoms with Gasteiger partial charge in [0.15, 0.2) is 6.10 Å². The van der Waals surface area contributed by atoms with Gasteiger partial charge in [0.05, 0.1) is 0 Å². The van der Waals surface area contributed by atoms with Crippen molar-refractivity contribution in [1.29, 1.82) is 0 Å². The lowest BCUT2D eigenvalue weighted by Crippen LogP contribution is -2.30. The molecule has 0 aliphatic heterocycles. The third-order valence-corrected chi connectivity index (χ3v) is 14.3. The number of hydrogen-bond donors (Lipinski definition) is 0. The summed E-state index contributed by atoms with van der Waals surface area (Å²) in [6, 6.07) is 0. The van der Waals surface area contributed by atoms with E-state index in [4.69, 9.17) is 14.2 Å². The highest BCUT2D eigenvalue weighted by atomic mass is 16.6. The van der Waals surface area contributed by atoms with Gasteiger partial charge in [-0.05, 0) is 103 Å². The number of ether oxygens (including phenoxy) is 3. The van der Waals surface area contributed by atoms with Crippen LogP contribution < -0.4 is 0 Å². The summed E-state index contributed by atoms with van der Waals surface area (Å²) < 4.78 is 16.9. The fourth-order valence-electron chi connectivity index (χ4n) is 9.36.